The summed E-state index contributed by atoms with van der Waals surface area (Å²) in [4.78, 5) is 14.5. The van der Waals surface area contributed by atoms with E-state index in [1.807, 2.05) is 18.2 Å². The molecule has 0 spiro atoms. The lowest BCUT2D eigenvalue weighted by atomic mass is 9.79. The Kier molecular flexibility index (Phi) is 5.40. The summed E-state index contributed by atoms with van der Waals surface area (Å²) in [7, 11) is 4.24. The molecule has 1 aliphatic heterocycles. The number of unbranched alkanes of at least 4 members (excludes halogenated alkanes) is 4. The van der Waals surface area contributed by atoms with E-state index in [1.165, 1.54) is 37.8 Å². The van der Waals surface area contributed by atoms with Gasteiger partial charge in [0.15, 0.2) is 0 Å². The molecule has 0 aliphatic carbocycles. The smallest absolute Gasteiger partial charge is 0.234 e. The van der Waals surface area contributed by atoms with Crippen molar-refractivity contribution in [2.24, 2.45) is 0 Å². The molecule has 1 N–H and O–H groups in total. The zero-order valence-corrected chi connectivity index (χ0v) is 13.6. The number of fused-ring (bicyclic) bond motifs is 1. The summed E-state index contributed by atoms with van der Waals surface area (Å²) in [6.07, 6.45) is 7.13. The summed E-state index contributed by atoms with van der Waals surface area (Å²) in [5.74, 6) is 0.163. The Hall–Kier alpha value is -1.35. The lowest BCUT2D eigenvalue weighted by Crippen LogP contribution is -2.30. The number of anilines is 1. The van der Waals surface area contributed by atoms with Crippen LogP contribution < -0.4 is 5.32 Å². The number of carbonyl (C=O) groups is 1. The van der Waals surface area contributed by atoms with E-state index in [0.717, 1.165) is 18.5 Å². The van der Waals surface area contributed by atoms with E-state index in [-0.39, 0.29) is 11.3 Å². The zero-order chi connectivity index (χ0) is 15.3. The summed E-state index contributed by atoms with van der Waals surface area (Å²) >= 11 is 0. The third kappa shape index (κ3) is 3.85. The number of hydrogen-bond acceptors (Lipinski definition) is 2. The predicted octanol–water partition coefficient (Wildman–Crippen LogP) is 3.80. The first-order chi connectivity index (χ1) is 10.0. The molecule has 21 heavy (non-hydrogen) atoms. The third-order valence-electron chi connectivity index (χ3n) is 4.55. The average molecular weight is 288 g/mol. The first-order valence-corrected chi connectivity index (χ1v) is 8.10. The van der Waals surface area contributed by atoms with Crippen LogP contribution in [0.25, 0.3) is 0 Å². The van der Waals surface area contributed by atoms with Gasteiger partial charge in [0.25, 0.3) is 0 Å². The molecule has 1 unspecified atom stereocenters. The Morgan fingerprint density at radius 2 is 1.71 bits per heavy atom. The van der Waals surface area contributed by atoms with Crippen LogP contribution in [-0.4, -0.2) is 31.4 Å². The topological polar surface area (TPSA) is 32.3 Å². The molecular weight excluding hydrogens is 260 g/mol. The van der Waals surface area contributed by atoms with Gasteiger partial charge in [-0.2, -0.15) is 0 Å². The second-order valence-corrected chi connectivity index (χ2v) is 6.65. The van der Waals surface area contributed by atoms with Gasteiger partial charge in [0, 0.05) is 5.69 Å². The van der Waals surface area contributed by atoms with Crippen molar-refractivity contribution in [1.82, 2.24) is 4.90 Å². The van der Waals surface area contributed by atoms with Gasteiger partial charge in [-0.05, 0) is 52.0 Å². The number of rotatable bonds is 8. The molecule has 0 saturated carbocycles. The standard InChI is InChI=1S/C18H28N2O/c1-18(13-9-5-4-6-10-14-20(2)3)15-11-7-8-12-16(15)19-17(18)21/h7-8,11-12H,4-6,9-10,13-14H2,1-3H3,(H,19,21). The van der Waals surface area contributed by atoms with Gasteiger partial charge < -0.3 is 10.2 Å². The van der Waals surface area contributed by atoms with Crippen LogP contribution in [0.1, 0.15) is 51.0 Å². The lowest BCUT2D eigenvalue weighted by molar-refractivity contribution is -0.120. The molecule has 1 heterocycles. The molecule has 1 aromatic rings. The van der Waals surface area contributed by atoms with Crippen LogP contribution in [0.4, 0.5) is 5.69 Å². The maximum atomic E-state index is 12.3. The number of hydrogen-bond donors (Lipinski definition) is 1. The van der Waals surface area contributed by atoms with Gasteiger partial charge in [0.1, 0.15) is 0 Å². The highest BCUT2D eigenvalue weighted by molar-refractivity contribution is 6.05. The van der Waals surface area contributed by atoms with E-state index in [2.05, 4.69) is 37.3 Å². The molecule has 3 nitrogen and oxygen atoms in total. The first-order valence-electron chi connectivity index (χ1n) is 8.10. The minimum Gasteiger partial charge on any atom is -0.325 e. The molecule has 2 rings (SSSR count). The molecule has 0 saturated heterocycles. The Balaban J connectivity index is 1.76. The number of benzene rings is 1. The Morgan fingerprint density at radius 1 is 1.05 bits per heavy atom. The number of nitrogens with one attached hydrogen (secondary N) is 1. The summed E-state index contributed by atoms with van der Waals surface area (Å²) in [6.45, 7) is 3.26. The quantitative estimate of drug-likeness (QED) is 0.738. The van der Waals surface area contributed by atoms with Crippen molar-refractivity contribution < 1.29 is 4.79 Å². The molecule has 1 amide bonds. The highest BCUT2D eigenvalue weighted by Gasteiger charge is 2.41. The fourth-order valence-corrected chi connectivity index (χ4v) is 3.14. The molecule has 1 aromatic carbocycles. The first kappa shape index (κ1) is 16.0. The SMILES string of the molecule is CN(C)CCCCCCCC1(C)C(=O)Nc2ccccc21. The van der Waals surface area contributed by atoms with Crippen molar-refractivity contribution in [2.75, 3.05) is 26.0 Å². The maximum Gasteiger partial charge on any atom is 0.234 e. The van der Waals surface area contributed by atoms with Crippen LogP contribution in [0.3, 0.4) is 0 Å². The molecule has 3 heteroatoms. The van der Waals surface area contributed by atoms with Crippen LogP contribution in [0.5, 0.6) is 0 Å². The Labute approximate surface area is 128 Å². The summed E-state index contributed by atoms with van der Waals surface area (Å²) < 4.78 is 0. The summed E-state index contributed by atoms with van der Waals surface area (Å²) in [6, 6.07) is 8.10. The normalized spacial score (nSPS) is 20.7. The maximum absolute atomic E-state index is 12.3. The Morgan fingerprint density at radius 3 is 2.48 bits per heavy atom. The summed E-state index contributed by atoms with van der Waals surface area (Å²) in [5.41, 5.74) is 1.83. The Bertz CT molecular complexity index is 484. The predicted molar refractivity (Wildman–Crippen MR) is 88.7 cm³/mol. The van der Waals surface area contributed by atoms with Crippen molar-refractivity contribution in [3.63, 3.8) is 0 Å². The highest BCUT2D eigenvalue weighted by Crippen LogP contribution is 2.40. The number of para-hydroxylation sites is 1. The molecule has 0 fully saturated rings. The van der Waals surface area contributed by atoms with E-state index >= 15 is 0 Å². The van der Waals surface area contributed by atoms with E-state index in [0.29, 0.717) is 0 Å². The van der Waals surface area contributed by atoms with Crippen molar-refractivity contribution in [3.05, 3.63) is 29.8 Å². The summed E-state index contributed by atoms with van der Waals surface area (Å²) in [5, 5.41) is 3.02. The fourth-order valence-electron chi connectivity index (χ4n) is 3.14. The van der Waals surface area contributed by atoms with E-state index in [1.54, 1.807) is 0 Å². The van der Waals surface area contributed by atoms with Crippen LogP contribution >= 0.6 is 0 Å². The van der Waals surface area contributed by atoms with Gasteiger partial charge in [0.05, 0.1) is 5.41 Å². The lowest BCUT2D eigenvalue weighted by Gasteiger charge is -2.22. The van der Waals surface area contributed by atoms with Crippen LogP contribution in [0.2, 0.25) is 0 Å². The van der Waals surface area contributed by atoms with Crippen molar-refractivity contribution >= 4 is 11.6 Å². The van der Waals surface area contributed by atoms with E-state index in [9.17, 15) is 4.79 Å². The van der Waals surface area contributed by atoms with E-state index < -0.39 is 0 Å². The van der Waals surface area contributed by atoms with Crippen molar-refractivity contribution in [2.45, 2.75) is 50.9 Å². The second kappa shape index (κ2) is 7.08. The number of nitrogens with zero attached hydrogens (tertiary/aromatic N) is 1. The zero-order valence-electron chi connectivity index (χ0n) is 13.6. The number of amides is 1. The van der Waals surface area contributed by atoms with E-state index in [4.69, 9.17) is 0 Å². The fraction of sp³-hybridized carbons (Fsp3) is 0.611. The van der Waals surface area contributed by atoms with Crippen LogP contribution in [-0.2, 0) is 10.2 Å². The molecule has 0 radical (unpaired) electrons. The van der Waals surface area contributed by atoms with Gasteiger partial charge in [-0.1, -0.05) is 43.9 Å². The second-order valence-electron chi connectivity index (χ2n) is 6.65. The average Bonchev–Trinajstić information content (AvgIpc) is 2.70. The van der Waals surface area contributed by atoms with Gasteiger partial charge in [0.2, 0.25) is 5.91 Å². The monoisotopic (exact) mass is 288 g/mol. The molecule has 1 aliphatic rings. The van der Waals surface area contributed by atoms with Gasteiger partial charge in [-0.15, -0.1) is 0 Å². The van der Waals surface area contributed by atoms with Gasteiger partial charge in [-0.3, -0.25) is 4.79 Å². The van der Waals surface area contributed by atoms with Gasteiger partial charge >= 0.3 is 0 Å². The molecule has 1 atom stereocenters. The molecule has 116 valence electrons. The van der Waals surface area contributed by atoms with Crippen LogP contribution in [0, 0.1) is 0 Å². The third-order valence-corrected chi connectivity index (χ3v) is 4.55. The van der Waals surface area contributed by atoms with Crippen LogP contribution in [0.15, 0.2) is 24.3 Å². The van der Waals surface area contributed by atoms with Gasteiger partial charge in [-0.25, -0.2) is 0 Å². The van der Waals surface area contributed by atoms with Crippen molar-refractivity contribution in [1.29, 1.82) is 0 Å². The minimum absolute atomic E-state index is 0.163. The molecular formula is C18H28N2O. The van der Waals surface area contributed by atoms with Crippen molar-refractivity contribution in [3.8, 4) is 0 Å². The highest BCUT2D eigenvalue weighted by atomic mass is 16.2. The molecule has 0 aromatic heterocycles. The minimum atomic E-state index is -0.333. The number of carbonyl (C=O) groups excluding carboxylic acids is 1. The largest absolute Gasteiger partial charge is 0.325 e. The molecule has 0 bridgehead atoms.